The number of carbonyl (C=O) groups excluding carboxylic acids is 2. The lowest BCUT2D eigenvalue weighted by atomic mass is 9.86. The second-order valence-electron chi connectivity index (χ2n) is 7.36. The first kappa shape index (κ1) is 15.9. The highest BCUT2D eigenvalue weighted by Gasteiger charge is 2.40. The average molecular weight is 338 g/mol. The number of hydrogen-bond acceptors (Lipinski definition) is 3. The molecule has 0 aliphatic heterocycles. The molecule has 2 amide bonds. The number of fused-ring (bicyclic) bond motifs is 3. The molecular formula is C20H22N2O3. The van der Waals surface area contributed by atoms with Crippen molar-refractivity contribution in [3.05, 3.63) is 42.0 Å². The number of hydrogen-bond donors (Lipinski definition) is 3. The Balaban J connectivity index is 1.37. The molecule has 2 fully saturated rings. The number of phenols is 1. The minimum absolute atomic E-state index is 0.0986. The van der Waals surface area contributed by atoms with Crippen LogP contribution in [-0.2, 0) is 4.79 Å². The number of nitrogens with one attached hydrogen (secondary N) is 2. The molecule has 5 heteroatoms. The number of aromatic hydroxyl groups is 1. The van der Waals surface area contributed by atoms with E-state index in [0.717, 1.165) is 23.1 Å². The largest absolute Gasteiger partial charge is 0.507 e. The van der Waals surface area contributed by atoms with Gasteiger partial charge in [-0.05, 0) is 59.9 Å². The minimum atomic E-state index is -0.510. The fraction of sp³-hybridized carbons (Fsp3) is 0.400. The summed E-state index contributed by atoms with van der Waals surface area (Å²) in [6.45, 7) is 0. The van der Waals surface area contributed by atoms with Gasteiger partial charge in [0.15, 0.2) is 0 Å². The van der Waals surface area contributed by atoms with Crippen LogP contribution in [0, 0.1) is 17.8 Å². The molecule has 2 aliphatic carbocycles. The van der Waals surface area contributed by atoms with Crippen molar-refractivity contribution in [1.82, 2.24) is 10.9 Å². The first-order valence-electron chi connectivity index (χ1n) is 8.91. The molecule has 0 spiro atoms. The number of phenolic OH excluding ortho intramolecular Hbond substituents is 1. The van der Waals surface area contributed by atoms with Gasteiger partial charge in [-0.2, -0.15) is 0 Å². The summed E-state index contributed by atoms with van der Waals surface area (Å²) in [6.07, 6.45) is 5.40. The van der Waals surface area contributed by atoms with Crippen LogP contribution in [-0.4, -0.2) is 16.9 Å². The Labute approximate surface area is 146 Å². The van der Waals surface area contributed by atoms with Crippen molar-refractivity contribution in [3.63, 3.8) is 0 Å². The van der Waals surface area contributed by atoms with Gasteiger partial charge in [0, 0.05) is 6.42 Å². The van der Waals surface area contributed by atoms with Crippen molar-refractivity contribution in [2.75, 3.05) is 0 Å². The van der Waals surface area contributed by atoms with Gasteiger partial charge in [0.2, 0.25) is 5.91 Å². The second-order valence-corrected chi connectivity index (χ2v) is 7.36. The van der Waals surface area contributed by atoms with Gasteiger partial charge >= 0.3 is 0 Å². The predicted octanol–water partition coefficient (Wildman–Crippen LogP) is 3.13. The van der Waals surface area contributed by atoms with E-state index >= 15 is 0 Å². The van der Waals surface area contributed by atoms with Gasteiger partial charge < -0.3 is 5.11 Å². The molecule has 25 heavy (non-hydrogen) atoms. The van der Waals surface area contributed by atoms with Crippen molar-refractivity contribution >= 4 is 22.6 Å². The molecule has 3 atom stereocenters. The third kappa shape index (κ3) is 3.18. The third-order valence-corrected chi connectivity index (χ3v) is 5.76. The molecule has 4 rings (SSSR count). The van der Waals surface area contributed by atoms with Crippen LogP contribution >= 0.6 is 0 Å². The van der Waals surface area contributed by atoms with Gasteiger partial charge in [0.05, 0.1) is 5.56 Å². The van der Waals surface area contributed by atoms with E-state index < -0.39 is 5.91 Å². The van der Waals surface area contributed by atoms with Crippen molar-refractivity contribution in [2.24, 2.45) is 17.8 Å². The van der Waals surface area contributed by atoms with Crippen molar-refractivity contribution in [3.8, 4) is 5.75 Å². The monoisotopic (exact) mass is 338 g/mol. The van der Waals surface area contributed by atoms with E-state index in [4.69, 9.17) is 0 Å². The van der Waals surface area contributed by atoms with E-state index in [1.165, 1.54) is 19.3 Å². The zero-order chi connectivity index (χ0) is 17.4. The van der Waals surface area contributed by atoms with E-state index in [-0.39, 0.29) is 17.2 Å². The molecule has 0 aromatic heterocycles. The lowest BCUT2D eigenvalue weighted by molar-refractivity contribution is -0.123. The number of rotatable bonds is 3. The zero-order valence-electron chi connectivity index (χ0n) is 14.0. The highest BCUT2D eigenvalue weighted by atomic mass is 16.3. The van der Waals surface area contributed by atoms with Crippen molar-refractivity contribution in [2.45, 2.75) is 32.1 Å². The molecule has 2 aliphatic rings. The van der Waals surface area contributed by atoms with Crippen molar-refractivity contribution in [1.29, 1.82) is 0 Å². The first-order chi connectivity index (χ1) is 12.1. The maximum absolute atomic E-state index is 12.3. The third-order valence-electron chi connectivity index (χ3n) is 5.76. The fourth-order valence-corrected chi connectivity index (χ4v) is 4.52. The summed E-state index contributed by atoms with van der Waals surface area (Å²) < 4.78 is 0. The van der Waals surface area contributed by atoms with Crippen LogP contribution in [0.1, 0.15) is 42.5 Å². The van der Waals surface area contributed by atoms with Crippen molar-refractivity contribution < 1.29 is 14.7 Å². The molecule has 0 saturated heterocycles. The SMILES string of the molecule is O=C(C[C@H]1C[C@H]2CC[C@H]1C2)NNC(=O)c1cc2ccccc2cc1O. The number of carbonyl (C=O) groups is 2. The van der Waals surface area contributed by atoms with E-state index in [1.807, 2.05) is 24.3 Å². The van der Waals surface area contributed by atoms with Gasteiger partial charge in [-0.3, -0.25) is 20.4 Å². The number of amides is 2. The van der Waals surface area contributed by atoms with E-state index in [1.54, 1.807) is 12.1 Å². The van der Waals surface area contributed by atoms with Crippen LogP contribution in [0.3, 0.4) is 0 Å². The van der Waals surface area contributed by atoms with E-state index in [2.05, 4.69) is 10.9 Å². The Hall–Kier alpha value is -2.56. The normalized spacial score (nSPS) is 24.4. The molecule has 2 aromatic carbocycles. The highest BCUT2D eigenvalue weighted by molar-refractivity contribution is 6.02. The Morgan fingerprint density at radius 3 is 2.48 bits per heavy atom. The first-order valence-corrected chi connectivity index (χ1v) is 8.91. The van der Waals surface area contributed by atoms with Gasteiger partial charge in [0.25, 0.3) is 5.91 Å². The maximum Gasteiger partial charge on any atom is 0.273 e. The summed E-state index contributed by atoms with van der Waals surface area (Å²) in [7, 11) is 0. The van der Waals surface area contributed by atoms with Gasteiger partial charge in [-0.15, -0.1) is 0 Å². The lowest BCUT2D eigenvalue weighted by Gasteiger charge is -2.21. The van der Waals surface area contributed by atoms with Crippen LogP contribution in [0.4, 0.5) is 0 Å². The van der Waals surface area contributed by atoms with Gasteiger partial charge in [-0.1, -0.05) is 30.7 Å². The summed E-state index contributed by atoms with van der Waals surface area (Å²) in [5, 5.41) is 11.8. The van der Waals surface area contributed by atoms with Crippen LogP contribution in [0.25, 0.3) is 10.8 Å². The van der Waals surface area contributed by atoms with Crippen LogP contribution in [0.2, 0.25) is 0 Å². The predicted molar refractivity (Wildman–Crippen MR) is 94.8 cm³/mol. The molecule has 2 saturated carbocycles. The Bertz CT molecular complexity index is 833. The van der Waals surface area contributed by atoms with Crippen LogP contribution in [0.5, 0.6) is 5.75 Å². The average Bonchev–Trinajstić information content (AvgIpc) is 3.22. The summed E-state index contributed by atoms with van der Waals surface area (Å²) in [5.41, 5.74) is 5.07. The smallest absolute Gasteiger partial charge is 0.273 e. The highest BCUT2D eigenvalue weighted by Crippen LogP contribution is 2.49. The molecule has 2 aromatic rings. The summed E-state index contributed by atoms with van der Waals surface area (Å²) in [4.78, 5) is 24.4. The summed E-state index contributed by atoms with van der Waals surface area (Å²) in [6, 6.07) is 10.7. The molecule has 2 bridgehead atoms. The minimum Gasteiger partial charge on any atom is -0.507 e. The van der Waals surface area contributed by atoms with Crippen LogP contribution < -0.4 is 10.9 Å². The molecular weight excluding hydrogens is 316 g/mol. The molecule has 0 radical (unpaired) electrons. The molecule has 0 unspecified atom stereocenters. The standard InChI is InChI=1S/C20H22N2O3/c23-18-10-14-4-2-1-3-13(14)9-17(18)20(25)22-21-19(24)11-16-8-12-5-6-15(16)7-12/h1-4,9-10,12,15-16,23H,5-8,11H2,(H,21,24)(H,22,25)/t12-,15-,16+/m0/s1. The Morgan fingerprint density at radius 2 is 1.80 bits per heavy atom. The second kappa shape index (κ2) is 6.39. The summed E-state index contributed by atoms with van der Waals surface area (Å²) >= 11 is 0. The molecule has 0 heterocycles. The molecule has 3 N–H and O–H groups in total. The van der Waals surface area contributed by atoms with E-state index in [0.29, 0.717) is 18.3 Å². The van der Waals surface area contributed by atoms with Crippen LogP contribution in [0.15, 0.2) is 36.4 Å². The Morgan fingerprint density at radius 1 is 1.04 bits per heavy atom. The van der Waals surface area contributed by atoms with E-state index in [9.17, 15) is 14.7 Å². The maximum atomic E-state index is 12.3. The zero-order valence-corrected chi connectivity index (χ0v) is 14.0. The topological polar surface area (TPSA) is 78.4 Å². The Kier molecular flexibility index (Phi) is 4.07. The summed E-state index contributed by atoms with van der Waals surface area (Å²) in [5.74, 6) is 1.15. The molecule has 5 nitrogen and oxygen atoms in total. The number of hydrazine groups is 1. The fourth-order valence-electron chi connectivity index (χ4n) is 4.52. The molecule has 130 valence electrons. The van der Waals surface area contributed by atoms with Gasteiger partial charge in [-0.25, -0.2) is 0 Å². The lowest BCUT2D eigenvalue weighted by Crippen LogP contribution is -2.42. The van der Waals surface area contributed by atoms with Gasteiger partial charge in [0.1, 0.15) is 5.75 Å². The quantitative estimate of drug-likeness (QED) is 0.752. The number of benzene rings is 2.